The molecule has 1 aromatic heterocycles. The summed E-state index contributed by atoms with van der Waals surface area (Å²) in [6, 6.07) is 14.3. The molecule has 246 valence electrons. The zero-order valence-corrected chi connectivity index (χ0v) is 27.2. The molecule has 47 heavy (non-hydrogen) atoms. The number of rotatable bonds is 9. The van der Waals surface area contributed by atoms with Crippen LogP contribution in [-0.2, 0) is 13.1 Å². The number of hydrogen-bond acceptors (Lipinski definition) is 5. The van der Waals surface area contributed by atoms with Gasteiger partial charge in [-0.2, -0.15) is 0 Å². The number of amides is 1. The van der Waals surface area contributed by atoms with Crippen LogP contribution in [0, 0.1) is 5.82 Å². The lowest BCUT2D eigenvalue weighted by Gasteiger charge is -2.28. The van der Waals surface area contributed by atoms with Gasteiger partial charge in [-0.1, -0.05) is 24.6 Å². The number of fused-ring (bicyclic) bond motifs is 1. The molecular formula is C33H27BrClF4N3O5. The molecule has 3 aromatic carbocycles. The molecule has 1 fully saturated rings. The van der Waals surface area contributed by atoms with E-state index in [1.54, 1.807) is 43.3 Å². The third-order valence-corrected chi connectivity index (χ3v) is 9.28. The van der Waals surface area contributed by atoms with Gasteiger partial charge in [0.15, 0.2) is 5.78 Å². The van der Waals surface area contributed by atoms with E-state index in [0.29, 0.717) is 38.3 Å². The normalized spacial score (nSPS) is 15.3. The summed E-state index contributed by atoms with van der Waals surface area (Å²) in [6.07, 6.45) is -3.20. The molecule has 1 saturated carbocycles. The highest BCUT2D eigenvalue weighted by Crippen LogP contribution is 2.32. The Morgan fingerprint density at radius 1 is 1.02 bits per heavy atom. The van der Waals surface area contributed by atoms with Crippen LogP contribution in [-0.4, -0.2) is 44.7 Å². The number of Topliss-reactive ketones (excluding diaryl/α,β-unsaturated/α-hetero) is 1. The van der Waals surface area contributed by atoms with Crippen LogP contribution in [0.25, 0.3) is 5.69 Å². The van der Waals surface area contributed by atoms with Gasteiger partial charge < -0.3 is 14.4 Å². The molecule has 4 aromatic rings. The minimum Gasteiger partial charge on any atom is -0.490 e. The van der Waals surface area contributed by atoms with Gasteiger partial charge in [-0.25, -0.2) is 9.18 Å². The molecule has 0 unspecified atom stereocenters. The number of carbonyl (C=O) groups excluding carboxylic acids is 2. The summed E-state index contributed by atoms with van der Waals surface area (Å²) in [4.78, 5) is 43.0. The number of halogens is 6. The summed E-state index contributed by atoms with van der Waals surface area (Å²) < 4.78 is 65.9. The number of alkyl halides is 3. The molecule has 2 heterocycles. The first-order valence-corrected chi connectivity index (χ1v) is 15.9. The van der Waals surface area contributed by atoms with Crippen molar-refractivity contribution in [2.24, 2.45) is 0 Å². The maximum Gasteiger partial charge on any atom is 0.573 e. The second-order valence-corrected chi connectivity index (χ2v) is 12.8. The van der Waals surface area contributed by atoms with Crippen molar-refractivity contribution in [3.05, 3.63) is 109 Å². The van der Waals surface area contributed by atoms with Gasteiger partial charge in [0.2, 0.25) is 0 Å². The number of hydrogen-bond donors (Lipinski definition) is 0. The minimum atomic E-state index is -4.99. The number of nitrogens with zero attached hydrogens (tertiary/aromatic N) is 3. The summed E-state index contributed by atoms with van der Waals surface area (Å²) >= 11 is 9.53. The molecule has 1 amide bonds. The van der Waals surface area contributed by atoms with Crippen molar-refractivity contribution in [3.63, 3.8) is 0 Å². The third kappa shape index (κ3) is 7.10. The number of imidazole rings is 1. The van der Waals surface area contributed by atoms with Crippen molar-refractivity contribution in [1.82, 2.24) is 14.0 Å². The average Bonchev–Trinajstić information content (AvgIpc) is 3.78. The highest BCUT2D eigenvalue weighted by atomic mass is 79.9. The molecule has 1 atom stereocenters. The molecule has 14 heteroatoms. The van der Waals surface area contributed by atoms with Crippen molar-refractivity contribution in [2.45, 2.75) is 57.7 Å². The highest BCUT2D eigenvalue weighted by molar-refractivity contribution is 9.10. The molecule has 6 rings (SSSR count). The number of ketones is 1. The Hall–Kier alpha value is -4.10. The smallest absolute Gasteiger partial charge is 0.490 e. The SMILES string of the molecule is C[C@@H](CC(=O)c1c2n(c(=O)n1-c1ccc(OC3CC3)cc1)CCN(C(=O)c1ccc(Br)c(Cl)c1)C2)c1ccc(OC(F)(F)F)cc1F. The second-order valence-electron chi connectivity index (χ2n) is 11.5. The van der Waals surface area contributed by atoms with Crippen molar-refractivity contribution >= 4 is 39.2 Å². The summed E-state index contributed by atoms with van der Waals surface area (Å²) in [5, 5.41) is 0.347. The summed E-state index contributed by atoms with van der Waals surface area (Å²) in [6.45, 7) is 1.80. The first-order valence-electron chi connectivity index (χ1n) is 14.7. The van der Waals surface area contributed by atoms with Gasteiger partial charge in [-0.15, -0.1) is 13.2 Å². The minimum absolute atomic E-state index is 0.000322. The molecule has 1 aliphatic carbocycles. The van der Waals surface area contributed by atoms with Gasteiger partial charge in [0, 0.05) is 35.6 Å². The molecule has 2 aliphatic rings. The van der Waals surface area contributed by atoms with Gasteiger partial charge in [-0.05, 0) is 88.8 Å². The highest BCUT2D eigenvalue weighted by Gasteiger charge is 2.34. The fraction of sp³-hybridized carbons (Fsp3) is 0.303. The fourth-order valence-corrected chi connectivity index (χ4v) is 6.04. The zero-order valence-electron chi connectivity index (χ0n) is 24.8. The van der Waals surface area contributed by atoms with Crippen LogP contribution in [0.3, 0.4) is 0 Å². The number of benzene rings is 3. The molecule has 0 saturated heterocycles. The van der Waals surface area contributed by atoms with Crippen LogP contribution in [0.2, 0.25) is 5.02 Å². The van der Waals surface area contributed by atoms with E-state index in [4.69, 9.17) is 16.3 Å². The van der Waals surface area contributed by atoms with Gasteiger partial charge in [0.1, 0.15) is 23.0 Å². The Balaban J connectivity index is 1.35. The van der Waals surface area contributed by atoms with E-state index in [0.717, 1.165) is 25.0 Å². The predicted molar refractivity (Wildman–Crippen MR) is 168 cm³/mol. The number of ether oxygens (including phenoxy) is 2. The molecule has 0 N–H and O–H groups in total. The standard InChI is InChI=1S/C33H27BrClF4N3O5/c1-18(24-10-9-23(16-27(24)36)47-33(37,38)39)14-29(43)30-28-17-40(31(44)19-2-11-25(34)26(35)15-19)12-13-41(28)32(45)42(30)20-3-5-21(6-4-20)46-22-7-8-22/h2-6,9-11,15-16,18,22H,7-8,12-14,17H2,1H3/t18-/m0/s1. The maximum absolute atomic E-state index is 15.0. The predicted octanol–water partition coefficient (Wildman–Crippen LogP) is 7.67. The van der Waals surface area contributed by atoms with E-state index in [-0.39, 0.29) is 49.3 Å². The van der Waals surface area contributed by atoms with Gasteiger partial charge in [-0.3, -0.25) is 18.7 Å². The van der Waals surface area contributed by atoms with Gasteiger partial charge in [0.05, 0.1) is 29.1 Å². The Labute approximate surface area is 279 Å². The largest absolute Gasteiger partial charge is 0.573 e. The van der Waals surface area contributed by atoms with E-state index < -0.39 is 35.3 Å². The van der Waals surface area contributed by atoms with E-state index in [1.165, 1.54) is 20.1 Å². The maximum atomic E-state index is 15.0. The summed E-state index contributed by atoms with van der Waals surface area (Å²) in [5.74, 6) is -2.73. The molecule has 0 radical (unpaired) electrons. The van der Waals surface area contributed by atoms with Crippen LogP contribution in [0.5, 0.6) is 11.5 Å². The Bertz CT molecular complexity index is 1920. The molecule has 0 spiro atoms. The summed E-state index contributed by atoms with van der Waals surface area (Å²) in [5.41, 5.74) is 0.582. The Kier molecular flexibility index (Phi) is 8.96. The molecular weight excluding hydrogens is 710 g/mol. The van der Waals surface area contributed by atoms with Crippen molar-refractivity contribution in [1.29, 1.82) is 0 Å². The van der Waals surface area contributed by atoms with E-state index >= 15 is 0 Å². The zero-order chi connectivity index (χ0) is 33.6. The first kappa shape index (κ1) is 32.8. The lowest BCUT2D eigenvalue weighted by Crippen LogP contribution is -2.41. The number of carbonyl (C=O) groups is 2. The lowest BCUT2D eigenvalue weighted by atomic mass is 9.93. The third-order valence-electron chi connectivity index (χ3n) is 8.05. The molecule has 8 nitrogen and oxygen atoms in total. The monoisotopic (exact) mass is 735 g/mol. The first-order chi connectivity index (χ1) is 22.3. The quantitative estimate of drug-likeness (QED) is 0.130. The number of aromatic nitrogens is 2. The average molecular weight is 737 g/mol. The van der Waals surface area contributed by atoms with E-state index in [2.05, 4.69) is 20.7 Å². The van der Waals surface area contributed by atoms with Crippen LogP contribution in [0.4, 0.5) is 17.6 Å². The van der Waals surface area contributed by atoms with Crippen molar-refractivity contribution in [2.75, 3.05) is 6.54 Å². The van der Waals surface area contributed by atoms with Crippen molar-refractivity contribution in [3.8, 4) is 17.2 Å². The van der Waals surface area contributed by atoms with Crippen LogP contribution < -0.4 is 15.2 Å². The van der Waals surface area contributed by atoms with Gasteiger partial charge in [0.25, 0.3) is 5.91 Å². The van der Waals surface area contributed by atoms with E-state index in [9.17, 15) is 31.9 Å². The Morgan fingerprint density at radius 2 is 1.72 bits per heavy atom. The lowest BCUT2D eigenvalue weighted by molar-refractivity contribution is -0.274. The van der Waals surface area contributed by atoms with Crippen LogP contribution >= 0.6 is 27.5 Å². The van der Waals surface area contributed by atoms with Crippen molar-refractivity contribution < 1.29 is 36.6 Å². The van der Waals surface area contributed by atoms with Crippen LogP contribution in [0.15, 0.2) is 69.9 Å². The Morgan fingerprint density at radius 3 is 2.36 bits per heavy atom. The van der Waals surface area contributed by atoms with Crippen LogP contribution in [0.1, 0.15) is 64.2 Å². The van der Waals surface area contributed by atoms with E-state index in [1.807, 2.05) is 0 Å². The fourth-order valence-electron chi connectivity index (χ4n) is 5.61. The second kappa shape index (κ2) is 12.8. The summed E-state index contributed by atoms with van der Waals surface area (Å²) in [7, 11) is 0. The van der Waals surface area contributed by atoms with Gasteiger partial charge >= 0.3 is 12.1 Å². The topological polar surface area (TPSA) is 82.8 Å². The molecule has 0 bridgehead atoms. The molecule has 1 aliphatic heterocycles.